The molecule has 2 N–H and O–H groups in total. The van der Waals surface area contributed by atoms with Crippen molar-refractivity contribution in [2.75, 3.05) is 5.73 Å². The van der Waals surface area contributed by atoms with Gasteiger partial charge in [0.2, 0.25) is 0 Å². The average Bonchev–Trinajstić information content (AvgIpc) is 1.96. The highest BCUT2D eigenvalue weighted by atomic mass is 32.2. The van der Waals surface area contributed by atoms with Crippen LogP contribution in [0.15, 0.2) is 17.3 Å². The van der Waals surface area contributed by atoms with Gasteiger partial charge in [0, 0.05) is 17.1 Å². The first-order valence-corrected chi connectivity index (χ1v) is 4.86. The third-order valence-corrected chi connectivity index (χ3v) is 2.41. The molecule has 0 radical (unpaired) electrons. The summed E-state index contributed by atoms with van der Waals surface area (Å²) in [5.41, 5.74) is 7.61. The summed E-state index contributed by atoms with van der Waals surface area (Å²) in [7, 11) is 0. The van der Waals surface area contributed by atoms with Gasteiger partial charge in [0.05, 0.1) is 5.03 Å². The van der Waals surface area contributed by atoms with E-state index in [2.05, 4.69) is 18.8 Å². The SMILES string of the molecule is Cc1cnc(SC(C)C)cc1N. The molecule has 0 aliphatic rings. The number of hydrogen-bond donors (Lipinski definition) is 1. The molecule has 66 valence electrons. The highest BCUT2D eigenvalue weighted by Crippen LogP contribution is 2.23. The Kier molecular flexibility index (Phi) is 2.98. The summed E-state index contributed by atoms with van der Waals surface area (Å²) in [6.45, 7) is 6.25. The van der Waals surface area contributed by atoms with Crippen LogP contribution in [0.1, 0.15) is 19.4 Å². The Labute approximate surface area is 77.6 Å². The minimum absolute atomic E-state index is 0.555. The monoisotopic (exact) mass is 182 g/mol. The average molecular weight is 182 g/mol. The molecule has 1 aromatic heterocycles. The highest BCUT2D eigenvalue weighted by Gasteiger charge is 2.01. The molecule has 1 heterocycles. The fourth-order valence-electron chi connectivity index (χ4n) is 0.825. The van der Waals surface area contributed by atoms with E-state index in [-0.39, 0.29) is 0 Å². The van der Waals surface area contributed by atoms with Gasteiger partial charge in [0.15, 0.2) is 0 Å². The van der Waals surface area contributed by atoms with Gasteiger partial charge in [-0.25, -0.2) is 4.98 Å². The smallest absolute Gasteiger partial charge is 0.0983 e. The third kappa shape index (κ3) is 2.41. The van der Waals surface area contributed by atoms with Gasteiger partial charge in [0.1, 0.15) is 0 Å². The minimum atomic E-state index is 0.555. The van der Waals surface area contributed by atoms with E-state index in [1.54, 1.807) is 11.8 Å². The normalized spacial score (nSPS) is 10.7. The lowest BCUT2D eigenvalue weighted by Gasteiger charge is -2.05. The largest absolute Gasteiger partial charge is 0.398 e. The first kappa shape index (κ1) is 9.39. The molecule has 0 bridgehead atoms. The first-order chi connectivity index (χ1) is 5.59. The predicted octanol–water partition coefficient (Wildman–Crippen LogP) is 2.47. The molecule has 0 saturated heterocycles. The van der Waals surface area contributed by atoms with Crippen molar-refractivity contribution in [3.05, 3.63) is 17.8 Å². The Balaban J connectivity index is 2.82. The van der Waals surface area contributed by atoms with E-state index in [0.717, 1.165) is 16.3 Å². The van der Waals surface area contributed by atoms with E-state index in [1.807, 2.05) is 19.2 Å². The molecule has 3 heteroatoms. The number of thioether (sulfide) groups is 1. The van der Waals surface area contributed by atoms with E-state index in [9.17, 15) is 0 Å². The highest BCUT2D eigenvalue weighted by molar-refractivity contribution is 7.99. The molecule has 0 amide bonds. The standard InChI is InChI=1S/C9H14N2S/c1-6(2)12-9-4-8(10)7(3)5-11-9/h4-6H,1-3H3,(H2,10,11). The maximum Gasteiger partial charge on any atom is 0.0983 e. The molecule has 0 unspecified atom stereocenters. The quantitative estimate of drug-likeness (QED) is 0.714. The second-order valence-electron chi connectivity index (χ2n) is 3.05. The van der Waals surface area contributed by atoms with Crippen LogP contribution in [0.2, 0.25) is 0 Å². The molecule has 0 aromatic carbocycles. The second kappa shape index (κ2) is 3.81. The minimum Gasteiger partial charge on any atom is -0.398 e. The Morgan fingerprint density at radius 2 is 2.17 bits per heavy atom. The van der Waals surface area contributed by atoms with Crippen LogP contribution in [-0.4, -0.2) is 10.2 Å². The van der Waals surface area contributed by atoms with Crippen LogP contribution >= 0.6 is 11.8 Å². The van der Waals surface area contributed by atoms with Crippen LogP contribution in [0, 0.1) is 6.92 Å². The van der Waals surface area contributed by atoms with Crippen molar-refractivity contribution >= 4 is 17.4 Å². The molecule has 12 heavy (non-hydrogen) atoms. The molecule has 0 aliphatic heterocycles. The van der Waals surface area contributed by atoms with Gasteiger partial charge in [-0.15, -0.1) is 11.8 Å². The molecule has 0 atom stereocenters. The fourth-order valence-corrected chi connectivity index (χ4v) is 1.62. The Morgan fingerprint density at radius 1 is 1.50 bits per heavy atom. The molecule has 0 spiro atoms. The van der Waals surface area contributed by atoms with Gasteiger partial charge in [-0.3, -0.25) is 0 Å². The zero-order valence-corrected chi connectivity index (χ0v) is 8.48. The van der Waals surface area contributed by atoms with Crippen molar-refractivity contribution in [1.29, 1.82) is 0 Å². The van der Waals surface area contributed by atoms with Crippen molar-refractivity contribution in [3.8, 4) is 0 Å². The Bertz CT molecular complexity index is 271. The zero-order chi connectivity index (χ0) is 9.14. The van der Waals surface area contributed by atoms with E-state index < -0.39 is 0 Å². The van der Waals surface area contributed by atoms with Gasteiger partial charge in [0.25, 0.3) is 0 Å². The number of nitrogen functional groups attached to an aromatic ring is 1. The molecule has 2 nitrogen and oxygen atoms in total. The lowest BCUT2D eigenvalue weighted by Crippen LogP contribution is -1.94. The van der Waals surface area contributed by atoms with Crippen LogP contribution in [0.25, 0.3) is 0 Å². The van der Waals surface area contributed by atoms with E-state index in [1.165, 1.54) is 0 Å². The van der Waals surface area contributed by atoms with Gasteiger partial charge >= 0.3 is 0 Å². The third-order valence-electron chi connectivity index (χ3n) is 1.48. The maximum atomic E-state index is 5.74. The number of nitrogens with zero attached hydrogens (tertiary/aromatic N) is 1. The van der Waals surface area contributed by atoms with Crippen LogP contribution in [0.3, 0.4) is 0 Å². The summed E-state index contributed by atoms with van der Waals surface area (Å²) in [6.07, 6.45) is 1.82. The van der Waals surface area contributed by atoms with Gasteiger partial charge < -0.3 is 5.73 Å². The Hall–Kier alpha value is -0.700. The number of aromatic nitrogens is 1. The van der Waals surface area contributed by atoms with E-state index in [4.69, 9.17) is 5.73 Å². The zero-order valence-electron chi connectivity index (χ0n) is 7.66. The number of nitrogens with two attached hydrogens (primary N) is 1. The molecular weight excluding hydrogens is 168 g/mol. The van der Waals surface area contributed by atoms with Crippen LogP contribution in [0.5, 0.6) is 0 Å². The Morgan fingerprint density at radius 3 is 2.67 bits per heavy atom. The molecule has 1 aromatic rings. The molecular formula is C9H14N2S. The molecule has 0 fully saturated rings. The summed E-state index contributed by atoms with van der Waals surface area (Å²) in [6, 6.07) is 1.93. The number of pyridine rings is 1. The first-order valence-electron chi connectivity index (χ1n) is 3.98. The second-order valence-corrected chi connectivity index (χ2v) is 4.64. The van der Waals surface area contributed by atoms with Crippen LogP contribution in [0.4, 0.5) is 5.69 Å². The van der Waals surface area contributed by atoms with Crippen LogP contribution < -0.4 is 5.73 Å². The van der Waals surface area contributed by atoms with E-state index >= 15 is 0 Å². The number of rotatable bonds is 2. The topological polar surface area (TPSA) is 38.9 Å². The van der Waals surface area contributed by atoms with Crippen molar-refractivity contribution in [3.63, 3.8) is 0 Å². The summed E-state index contributed by atoms with van der Waals surface area (Å²) < 4.78 is 0. The summed E-state index contributed by atoms with van der Waals surface area (Å²) >= 11 is 1.73. The summed E-state index contributed by atoms with van der Waals surface area (Å²) in [5, 5.41) is 1.56. The van der Waals surface area contributed by atoms with Crippen molar-refractivity contribution in [1.82, 2.24) is 4.98 Å². The lowest BCUT2D eigenvalue weighted by atomic mass is 10.3. The molecule has 1 rings (SSSR count). The fraction of sp³-hybridized carbons (Fsp3) is 0.444. The summed E-state index contributed by atoms with van der Waals surface area (Å²) in [5.74, 6) is 0. The van der Waals surface area contributed by atoms with Crippen molar-refractivity contribution < 1.29 is 0 Å². The number of aryl methyl sites for hydroxylation is 1. The predicted molar refractivity (Wildman–Crippen MR) is 54.4 cm³/mol. The van der Waals surface area contributed by atoms with Gasteiger partial charge in [-0.1, -0.05) is 13.8 Å². The molecule has 0 aliphatic carbocycles. The maximum absolute atomic E-state index is 5.74. The molecule has 0 saturated carbocycles. The van der Waals surface area contributed by atoms with Crippen molar-refractivity contribution in [2.24, 2.45) is 0 Å². The van der Waals surface area contributed by atoms with Crippen molar-refractivity contribution in [2.45, 2.75) is 31.0 Å². The van der Waals surface area contributed by atoms with Gasteiger partial charge in [-0.05, 0) is 18.6 Å². The lowest BCUT2D eigenvalue weighted by molar-refractivity contribution is 1.06. The van der Waals surface area contributed by atoms with Gasteiger partial charge in [-0.2, -0.15) is 0 Å². The number of anilines is 1. The van der Waals surface area contributed by atoms with E-state index in [0.29, 0.717) is 5.25 Å². The van der Waals surface area contributed by atoms with Crippen LogP contribution in [-0.2, 0) is 0 Å². The summed E-state index contributed by atoms with van der Waals surface area (Å²) in [4.78, 5) is 4.26. The number of hydrogen-bond acceptors (Lipinski definition) is 3.